The normalized spacial score (nSPS) is 25.6. The topological polar surface area (TPSA) is 102 Å². The van der Waals surface area contributed by atoms with E-state index in [1.807, 2.05) is 0 Å². The Morgan fingerprint density at radius 2 is 2.22 bits per heavy atom. The molecule has 2 aliphatic heterocycles. The van der Waals surface area contributed by atoms with Crippen LogP contribution in [0.25, 0.3) is 0 Å². The van der Waals surface area contributed by atoms with Crippen molar-refractivity contribution in [2.75, 3.05) is 0 Å². The van der Waals surface area contributed by atoms with Gasteiger partial charge in [-0.3, -0.25) is 9.36 Å². The molecule has 1 fully saturated rings. The van der Waals surface area contributed by atoms with Crippen molar-refractivity contribution < 1.29 is 19.7 Å². The van der Waals surface area contributed by atoms with Crippen LogP contribution in [0.5, 0.6) is 5.75 Å². The lowest BCUT2D eigenvalue weighted by Gasteiger charge is -2.36. The van der Waals surface area contributed by atoms with Crippen LogP contribution < -0.4 is 5.56 Å². The van der Waals surface area contributed by atoms with E-state index in [-0.39, 0.29) is 12.2 Å². The summed E-state index contributed by atoms with van der Waals surface area (Å²) >= 11 is 0. The molecule has 3 rings (SSSR count). The highest BCUT2D eigenvalue weighted by Gasteiger charge is 2.35. The van der Waals surface area contributed by atoms with E-state index in [4.69, 9.17) is 9.84 Å². The van der Waals surface area contributed by atoms with E-state index in [1.54, 1.807) is 0 Å². The number of aromatic nitrogens is 2. The summed E-state index contributed by atoms with van der Waals surface area (Å²) in [6.45, 7) is 0.325. The maximum atomic E-state index is 11.9. The van der Waals surface area contributed by atoms with Gasteiger partial charge in [-0.05, 0) is 19.3 Å². The van der Waals surface area contributed by atoms with Gasteiger partial charge >= 0.3 is 5.97 Å². The molecular formula is C11H12N2O5. The first kappa shape index (κ1) is 11.2. The molecule has 0 radical (unpaired) electrons. The molecule has 2 aliphatic rings. The number of nitrogens with zero attached hydrogens (tertiary/aromatic N) is 2. The number of rotatable bonds is 1. The van der Waals surface area contributed by atoms with E-state index in [1.165, 1.54) is 4.57 Å². The van der Waals surface area contributed by atoms with Gasteiger partial charge in [0.05, 0.1) is 12.6 Å². The molecule has 0 spiro atoms. The molecule has 2 bridgehead atoms. The summed E-state index contributed by atoms with van der Waals surface area (Å²) in [6, 6.07) is 0. The van der Waals surface area contributed by atoms with Gasteiger partial charge in [-0.1, -0.05) is 0 Å². The van der Waals surface area contributed by atoms with Crippen LogP contribution in [-0.2, 0) is 11.3 Å². The summed E-state index contributed by atoms with van der Waals surface area (Å²) in [7, 11) is 0. The van der Waals surface area contributed by atoms with Crippen LogP contribution in [0.3, 0.4) is 0 Å². The Morgan fingerprint density at radius 3 is 2.94 bits per heavy atom. The molecule has 1 aromatic heterocycles. The van der Waals surface area contributed by atoms with Gasteiger partial charge in [-0.25, -0.2) is 9.78 Å². The van der Waals surface area contributed by atoms with Crippen LogP contribution in [0.2, 0.25) is 0 Å². The van der Waals surface area contributed by atoms with Crippen molar-refractivity contribution in [3.8, 4) is 5.75 Å². The van der Waals surface area contributed by atoms with Crippen molar-refractivity contribution in [2.24, 2.45) is 0 Å². The second-order valence-corrected chi connectivity index (χ2v) is 4.57. The second kappa shape index (κ2) is 3.81. The number of hydrogen-bond donors (Lipinski definition) is 2. The summed E-state index contributed by atoms with van der Waals surface area (Å²) in [5, 5.41) is 18.5. The molecule has 96 valence electrons. The SMILES string of the molecule is O=C(O)c1nc2n(c(=O)c1O)C[C@@H]1CCC[C@H]2O1. The van der Waals surface area contributed by atoms with E-state index >= 15 is 0 Å². The number of carbonyl (C=O) groups is 1. The third-order valence-electron chi connectivity index (χ3n) is 3.40. The van der Waals surface area contributed by atoms with Gasteiger partial charge < -0.3 is 14.9 Å². The molecular weight excluding hydrogens is 240 g/mol. The van der Waals surface area contributed by atoms with Gasteiger partial charge in [-0.15, -0.1) is 0 Å². The molecule has 0 amide bonds. The zero-order valence-electron chi connectivity index (χ0n) is 9.50. The fraction of sp³-hybridized carbons (Fsp3) is 0.545. The molecule has 0 saturated carbocycles. The van der Waals surface area contributed by atoms with E-state index in [2.05, 4.69) is 4.98 Å². The molecule has 2 N–H and O–H groups in total. The largest absolute Gasteiger partial charge is 0.501 e. The lowest BCUT2D eigenvalue weighted by Crippen LogP contribution is -2.41. The number of hydrogen-bond acceptors (Lipinski definition) is 5. The maximum Gasteiger partial charge on any atom is 0.358 e. The molecule has 7 heteroatoms. The number of ether oxygens (including phenoxy) is 1. The van der Waals surface area contributed by atoms with Crippen LogP contribution in [0, 0.1) is 0 Å². The molecule has 0 aliphatic carbocycles. The minimum absolute atomic E-state index is 0.0502. The van der Waals surface area contributed by atoms with Crippen LogP contribution in [0.1, 0.15) is 41.7 Å². The van der Waals surface area contributed by atoms with Crippen molar-refractivity contribution >= 4 is 5.97 Å². The van der Waals surface area contributed by atoms with Crippen molar-refractivity contribution in [2.45, 2.75) is 38.0 Å². The summed E-state index contributed by atoms with van der Waals surface area (Å²) in [5.74, 6) is -1.90. The Balaban J connectivity index is 2.21. The average Bonchev–Trinajstić information content (AvgIpc) is 2.34. The van der Waals surface area contributed by atoms with Gasteiger partial charge in [0.1, 0.15) is 11.9 Å². The van der Waals surface area contributed by atoms with E-state index in [9.17, 15) is 14.7 Å². The minimum Gasteiger partial charge on any atom is -0.501 e. The highest BCUT2D eigenvalue weighted by Crippen LogP contribution is 2.34. The fourth-order valence-electron chi connectivity index (χ4n) is 2.56. The van der Waals surface area contributed by atoms with Crippen molar-refractivity contribution in [3.05, 3.63) is 21.9 Å². The van der Waals surface area contributed by atoms with Crippen LogP contribution in [-0.4, -0.2) is 31.8 Å². The average molecular weight is 252 g/mol. The maximum absolute atomic E-state index is 11.9. The zero-order valence-corrected chi connectivity index (χ0v) is 9.50. The van der Waals surface area contributed by atoms with E-state index < -0.39 is 23.0 Å². The van der Waals surface area contributed by atoms with Gasteiger partial charge in [0.15, 0.2) is 5.69 Å². The highest BCUT2D eigenvalue weighted by atomic mass is 16.5. The highest BCUT2D eigenvalue weighted by molar-refractivity contribution is 5.88. The fourth-order valence-corrected chi connectivity index (χ4v) is 2.56. The third kappa shape index (κ3) is 1.51. The zero-order chi connectivity index (χ0) is 12.9. The lowest BCUT2D eigenvalue weighted by atomic mass is 10.00. The molecule has 0 unspecified atom stereocenters. The lowest BCUT2D eigenvalue weighted by molar-refractivity contribution is -0.0861. The predicted octanol–water partition coefficient (Wildman–Crippen LogP) is 0.271. The number of aromatic carboxylic acids is 1. The Bertz CT molecular complexity index is 580. The van der Waals surface area contributed by atoms with Gasteiger partial charge in [-0.2, -0.15) is 0 Å². The Labute approximate surface area is 102 Å². The van der Waals surface area contributed by atoms with E-state index in [0.29, 0.717) is 18.8 Å². The minimum atomic E-state index is -1.41. The first-order valence-corrected chi connectivity index (χ1v) is 5.80. The van der Waals surface area contributed by atoms with Gasteiger partial charge in [0.2, 0.25) is 5.75 Å². The molecule has 2 atom stereocenters. The smallest absolute Gasteiger partial charge is 0.358 e. The third-order valence-corrected chi connectivity index (χ3v) is 3.40. The molecule has 7 nitrogen and oxygen atoms in total. The van der Waals surface area contributed by atoms with Crippen molar-refractivity contribution in [1.29, 1.82) is 0 Å². The number of carboxylic acids is 1. The monoisotopic (exact) mass is 252 g/mol. The first-order valence-electron chi connectivity index (χ1n) is 5.80. The molecule has 18 heavy (non-hydrogen) atoms. The quantitative estimate of drug-likeness (QED) is 0.743. The standard InChI is InChI=1S/C11H12N2O5/c14-8-7(11(16)17)12-9-6-3-1-2-5(18-6)4-13(9)10(8)15/h5-6,14H,1-4H2,(H,16,17)/t5-,6+/m0/s1. The van der Waals surface area contributed by atoms with Crippen molar-refractivity contribution in [3.63, 3.8) is 0 Å². The molecule has 1 saturated heterocycles. The van der Waals surface area contributed by atoms with Gasteiger partial charge in [0.25, 0.3) is 5.56 Å². The van der Waals surface area contributed by atoms with Crippen LogP contribution >= 0.6 is 0 Å². The van der Waals surface area contributed by atoms with Crippen molar-refractivity contribution in [1.82, 2.24) is 9.55 Å². The first-order chi connectivity index (χ1) is 8.58. The summed E-state index contributed by atoms with van der Waals surface area (Å²) in [4.78, 5) is 26.7. The van der Waals surface area contributed by atoms with Crippen LogP contribution in [0.15, 0.2) is 4.79 Å². The Hall–Kier alpha value is -1.89. The Morgan fingerprint density at radius 1 is 1.44 bits per heavy atom. The molecule has 3 heterocycles. The number of fused-ring (bicyclic) bond motifs is 4. The number of aromatic hydroxyl groups is 1. The second-order valence-electron chi connectivity index (χ2n) is 4.57. The summed E-state index contributed by atoms with van der Waals surface area (Å²) in [6.07, 6.45) is 2.15. The van der Waals surface area contributed by atoms with Crippen LogP contribution in [0.4, 0.5) is 0 Å². The Kier molecular flexibility index (Phi) is 2.37. The summed E-state index contributed by atoms with van der Waals surface area (Å²) < 4.78 is 7.01. The number of carboxylic acid groups (broad SMARTS) is 1. The molecule has 0 aromatic carbocycles. The summed E-state index contributed by atoms with van der Waals surface area (Å²) in [5.41, 5.74) is -1.29. The van der Waals surface area contributed by atoms with Gasteiger partial charge in [0, 0.05) is 0 Å². The molecule has 1 aromatic rings. The van der Waals surface area contributed by atoms with E-state index in [0.717, 1.165) is 12.8 Å². The predicted molar refractivity (Wildman–Crippen MR) is 58.6 cm³/mol.